The number of amides is 1. The minimum Gasteiger partial charge on any atom is -0.472 e. The van der Waals surface area contributed by atoms with Crippen molar-refractivity contribution in [1.82, 2.24) is 10.2 Å². The molecule has 0 fully saturated rings. The number of carbonyl (C=O) groups is 1. The van der Waals surface area contributed by atoms with Gasteiger partial charge in [0.25, 0.3) is 5.91 Å². The van der Waals surface area contributed by atoms with Gasteiger partial charge in [-0.05, 0) is 24.3 Å². The number of anilines is 1. The number of hydrogen-bond donors (Lipinski definition) is 2. The first-order chi connectivity index (χ1) is 9.33. The van der Waals surface area contributed by atoms with Crippen LogP contribution in [-0.4, -0.2) is 16.1 Å². The molecule has 0 bridgehead atoms. The molecule has 94 valence electrons. The van der Waals surface area contributed by atoms with Crippen molar-refractivity contribution in [3.8, 4) is 11.3 Å². The van der Waals surface area contributed by atoms with Gasteiger partial charge in [-0.15, -0.1) is 0 Å². The van der Waals surface area contributed by atoms with Gasteiger partial charge in [0.2, 0.25) is 0 Å². The number of rotatable bonds is 3. The normalized spacial score (nSPS) is 10.3. The number of aromatic nitrogens is 2. The molecule has 0 spiro atoms. The third-order valence-corrected chi connectivity index (χ3v) is 2.72. The molecule has 1 aromatic carbocycles. The lowest BCUT2D eigenvalue weighted by atomic mass is 10.1. The summed E-state index contributed by atoms with van der Waals surface area (Å²) in [7, 11) is 0. The van der Waals surface area contributed by atoms with Crippen molar-refractivity contribution < 1.29 is 9.21 Å². The first kappa shape index (κ1) is 11.3. The van der Waals surface area contributed by atoms with Gasteiger partial charge in [0.05, 0.1) is 17.5 Å². The van der Waals surface area contributed by atoms with Gasteiger partial charge in [-0.1, -0.05) is 12.1 Å². The third kappa shape index (κ3) is 2.40. The predicted octanol–water partition coefficient (Wildman–Crippen LogP) is 2.92. The van der Waals surface area contributed by atoms with E-state index in [1.165, 1.54) is 12.5 Å². The van der Waals surface area contributed by atoms with E-state index in [9.17, 15) is 4.79 Å². The monoisotopic (exact) mass is 253 g/mol. The molecule has 5 nitrogen and oxygen atoms in total. The van der Waals surface area contributed by atoms with Crippen molar-refractivity contribution in [3.05, 3.63) is 60.7 Å². The fraction of sp³-hybridized carbons (Fsp3) is 0. The zero-order valence-electron chi connectivity index (χ0n) is 9.96. The van der Waals surface area contributed by atoms with Crippen LogP contribution in [0.4, 0.5) is 5.69 Å². The van der Waals surface area contributed by atoms with E-state index in [2.05, 4.69) is 15.5 Å². The van der Waals surface area contributed by atoms with Gasteiger partial charge < -0.3 is 9.73 Å². The van der Waals surface area contributed by atoms with Gasteiger partial charge in [0, 0.05) is 17.4 Å². The molecule has 2 heterocycles. The molecule has 1 amide bonds. The molecule has 3 rings (SSSR count). The molecule has 0 aliphatic heterocycles. The Balaban J connectivity index is 1.82. The smallest absolute Gasteiger partial charge is 0.258 e. The first-order valence-electron chi connectivity index (χ1n) is 5.76. The van der Waals surface area contributed by atoms with Crippen LogP contribution >= 0.6 is 0 Å². The van der Waals surface area contributed by atoms with Crippen LogP contribution in [-0.2, 0) is 0 Å². The second-order valence-electron chi connectivity index (χ2n) is 4.02. The van der Waals surface area contributed by atoms with E-state index in [1.807, 2.05) is 30.3 Å². The second-order valence-corrected chi connectivity index (χ2v) is 4.02. The minimum atomic E-state index is -0.199. The Bertz CT molecular complexity index is 673. The summed E-state index contributed by atoms with van der Waals surface area (Å²) in [5.74, 6) is -0.199. The average Bonchev–Trinajstić information content (AvgIpc) is 3.13. The van der Waals surface area contributed by atoms with E-state index < -0.39 is 0 Å². The number of nitrogens with zero attached hydrogens (tertiary/aromatic N) is 1. The average molecular weight is 253 g/mol. The molecule has 0 atom stereocenters. The lowest BCUT2D eigenvalue weighted by Gasteiger charge is -2.05. The highest BCUT2D eigenvalue weighted by Crippen LogP contribution is 2.20. The summed E-state index contributed by atoms with van der Waals surface area (Å²) in [6, 6.07) is 11.0. The number of aromatic amines is 1. The molecule has 0 radical (unpaired) electrons. The Morgan fingerprint density at radius 1 is 1.26 bits per heavy atom. The topological polar surface area (TPSA) is 70.9 Å². The highest BCUT2D eigenvalue weighted by atomic mass is 16.3. The van der Waals surface area contributed by atoms with E-state index >= 15 is 0 Å². The standard InChI is InChI=1S/C14H11N3O2/c18-14(11-5-7-19-9-11)16-12-3-1-2-10(8-12)13-4-6-15-17-13/h1-9H,(H,15,17)(H,16,18). The molecule has 3 aromatic rings. The Morgan fingerprint density at radius 2 is 2.21 bits per heavy atom. The maximum Gasteiger partial charge on any atom is 0.258 e. The van der Waals surface area contributed by atoms with Crippen LogP contribution in [0.25, 0.3) is 11.3 Å². The summed E-state index contributed by atoms with van der Waals surface area (Å²) in [6.07, 6.45) is 4.57. The van der Waals surface area contributed by atoms with Crippen molar-refractivity contribution in [2.45, 2.75) is 0 Å². The zero-order chi connectivity index (χ0) is 13.1. The Kier molecular flexibility index (Phi) is 2.86. The van der Waals surface area contributed by atoms with Gasteiger partial charge in [-0.25, -0.2) is 0 Å². The summed E-state index contributed by atoms with van der Waals surface area (Å²) in [6.45, 7) is 0. The van der Waals surface area contributed by atoms with Gasteiger partial charge in [0.1, 0.15) is 6.26 Å². The molecule has 5 heteroatoms. The van der Waals surface area contributed by atoms with E-state index in [0.29, 0.717) is 5.56 Å². The fourth-order valence-corrected chi connectivity index (χ4v) is 1.78. The van der Waals surface area contributed by atoms with Crippen molar-refractivity contribution in [1.29, 1.82) is 0 Å². The van der Waals surface area contributed by atoms with Crippen LogP contribution < -0.4 is 5.32 Å². The van der Waals surface area contributed by atoms with Crippen LogP contribution in [0.3, 0.4) is 0 Å². The molecule has 0 saturated carbocycles. The third-order valence-electron chi connectivity index (χ3n) is 2.72. The molecule has 0 unspecified atom stereocenters. The lowest BCUT2D eigenvalue weighted by molar-refractivity contribution is 0.102. The maximum atomic E-state index is 11.9. The molecule has 2 N–H and O–H groups in total. The van der Waals surface area contributed by atoms with Gasteiger partial charge in [-0.3, -0.25) is 9.89 Å². The van der Waals surface area contributed by atoms with Crippen LogP contribution in [0.5, 0.6) is 0 Å². The fourth-order valence-electron chi connectivity index (χ4n) is 1.78. The maximum absolute atomic E-state index is 11.9. The summed E-state index contributed by atoms with van der Waals surface area (Å²) in [5.41, 5.74) is 3.08. The largest absolute Gasteiger partial charge is 0.472 e. The van der Waals surface area contributed by atoms with E-state index in [4.69, 9.17) is 4.42 Å². The number of hydrogen-bond acceptors (Lipinski definition) is 3. The summed E-state index contributed by atoms with van der Waals surface area (Å²) < 4.78 is 4.88. The zero-order valence-corrected chi connectivity index (χ0v) is 9.96. The quantitative estimate of drug-likeness (QED) is 0.753. The molecule has 2 aromatic heterocycles. The number of nitrogens with one attached hydrogen (secondary N) is 2. The van der Waals surface area contributed by atoms with Crippen molar-refractivity contribution in [2.75, 3.05) is 5.32 Å². The summed E-state index contributed by atoms with van der Waals surface area (Å²) >= 11 is 0. The SMILES string of the molecule is O=C(Nc1cccc(-c2ccn[nH]2)c1)c1ccoc1. The summed E-state index contributed by atoms with van der Waals surface area (Å²) in [4.78, 5) is 11.9. The van der Waals surface area contributed by atoms with Crippen molar-refractivity contribution in [3.63, 3.8) is 0 Å². The molecular formula is C14H11N3O2. The predicted molar refractivity (Wildman–Crippen MR) is 70.7 cm³/mol. The van der Waals surface area contributed by atoms with Gasteiger partial charge in [-0.2, -0.15) is 5.10 Å². The molecule has 19 heavy (non-hydrogen) atoms. The van der Waals surface area contributed by atoms with Crippen molar-refractivity contribution in [2.24, 2.45) is 0 Å². The highest BCUT2D eigenvalue weighted by molar-refractivity contribution is 6.04. The number of benzene rings is 1. The van der Waals surface area contributed by atoms with Crippen LogP contribution in [0, 0.1) is 0 Å². The van der Waals surface area contributed by atoms with E-state index in [0.717, 1.165) is 16.9 Å². The molecule has 0 saturated heterocycles. The Hall–Kier alpha value is -2.82. The second kappa shape index (κ2) is 4.81. The van der Waals surface area contributed by atoms with E-state index in [1.54, 1.807) is 12.3 Å². The number of carbonyl (C=O) groups excluding carboxylic acids is 1. The van der Waals surface area contributed by atoms with Crippen LogP contribution in [0.1, 0.15) is 10.4 Å². The van der Waals surface area contributed by atoms with Crippen molar-refractivity contribution >= 4 is 11.6 Å². The first-order valence-corrected chi connectivity index (χ1v) is 5.76. The van der Waals surface area contributed by atoms with Crippen LogP contribution in [0.2, 0.25) is 0 Å². The number of H-pyrrole nitrogens is 1. The van der Waals surface area contributed by atoms with Gasteiger partial charge in [0.15, 0.2) is 0 Å². The lowest BCUT2D eigenvalue weighted by Crippen LogP contribution is -2.10. The Morgan fingerprint density at radius 3 is 2.95 bits per heavy atom. The minimum absolute atomic E-state index is 0.199. The molecule has 0 aliphatic carbocycles. The number of furan rings is 1. The molecule has 0 aliphatic rings. The van der Waals surface area contributed by atoms with Gasteiger partial charge >= 0.3 is 0 Å². The van der Waals surface area contributed by atoms with E-state index in [-0.39, 0.29) is 5.91 Å². The molecular weight excluding hydrogens is 242 g/mol. The Labute approximate surface area is 109 Å². The highest BCUT2D eigenvalue weighted by Gasteiger charge is 2.08. The van der Waals surface area contributed by atoms with Crippen LogP contribution in [0.15, 0.2) is 59.5 Å². The summed E-state index contributed by atoms with van der Waals surface area (Å²) in [5, 5.41) is 9.60.